The van der Waals surface area contributed by atoms with Crippen LogP contribution in [0.15, 0.2) is 36.7 Å². The highest BCUT2D eigenvalue weighted by molar-refractivity contribution is 5.86. The van der Waals surface area contributed by atoms with E-state index in [2.05, 4.69) is 11.1 Å². The van der Waals surface area contributed by atoms with Gasteiger partial charge in [-0.25, -0.2) is 0 Å². The SMILES string of the molecule is O=C(O)CC(c1cccc2cnccc12)C1CC1. The molecule has 3 heteroatoms. The van der Waals surface area contributed by atoms with Gasteiger partial charge in [0.2, 0.25) is 0 Å². The Morgan fingerprint density at radius 3 is 2.94 bits per heavy atom. The minimum absolute atomic E-state index is 0.147. The highest BCUT2D eigenvalue weighted by Crippen LogP contribution is 2.46. The zero-order valence-electron chi connectivity index (χ0n) is 10.0. The molecule has 1 fully saturated rings. The van der Waals surface area contributed by atoms with Gasteiger partial charge >= 0.3 is 5.97 Å². The zero-order valence-corrected chi connectivity index (χ0v) is 10.0. The lowest BCUT2D eigenvalue weighted by molar-refractivity contribution is -0.137. The lowest BCUT2D eigenvalue weighted by atomic mass is 9.88. The Morgan fingerprint density at radius 2 is 2.22 bits per heavy atom. The van der Waals surface area contributed by atoms with E-state index in [4.69, 9.17) is 5.11 Å². The molecule has 0 spiro atoms. The van der Waals surface area contributed by atoms with Gasteiger partial charge in [-0.2, -0.15) is 0 Å². The van der Waals surface area contributed by atoms with Crippen molar-refractivity contribution in [3.05, 3.63) is 42.2 Å². The molecule has 2 aromatic rings. The summed E-state index contributed by atoms with van der Waals surface area (Å²) in [5.41, 5.74) is 1.17. The van der Waals surface area contributed by atoms with Crippen LogP contribution in [0.2, 0.25) is 0 Å². The summed E-state index contributed by atoms with van der Waals surface area (Å²) >= 11 is 0. The molecule has 0 aliphatic heterocycles. The van der Waals surface area contributed by atoms with Gasteiger partial charge in [0.15, 0.2) is 0 Å². The largest absolute Gasteiger partial charge is 0.481 e. The van der Waals surface area contributed by atoms with Crippen molar-refractivity contribution >= 4 is 16.7 Å². The molecular weight excluding hydrogens is 226 g/mol. The Labute approximate surface area is 105 Å². The summed E-state index contributed by atoms with van der Waals surface area (Å²) in [4.78, 5) is 15.2. The molecule has 1 aromatic heterocycles. The van der Waals surface area contributed by atoms with E-state index in [0.29, 0.717) is 5.92 Å². The quantitative estimate of drug-likeness (QED) is 0.894. The number of carboxylic acid groups (broad SMARTS) is 1. The molecule has 3 nitrogen and oxygen atoms in total. The number of fused-ring (bicyclic) bond motifs is 1. The molecule has 0 amide bonds. The lowest BCUT2D eigenvalue weighted by Crippen LogP contribution is -2.08. The number of rotatable bonds is 4. The molecule has 0 bridgehead atoms. The molecule has 92 valence electrons. The van der Waals surface area contributed by atoms with Gasteiger partial charge in [0.1, 0.15) is 0 Å². The van der Waals surface area contributed by atoms with Crippen LogP contribution in [0.3, 0.4) is 0 Å². The van der Waals surface area contributed by atoms with Crippen LogP contribution < -0.4 is 0 Å². The van der Waals surface area contributed by atoms with Gasteiger partial charge in [0.25, 0.3) is 0 Å². The van der Waals surface area contributed by atoms with E-state index in [1.165, 1.54) is 5.56 Å². The maximum atomic E-state index is 11.0. The topological polar surface area (TPSA) is 50.2 Å². The minimum atomic E-state index is -0.710. The van der Waals surface area contributed by atoms with Gasteiger partial charge < -0.3 is 5.11 Å². The van der Waals surface area contributed by atoms with E-state index in [0.717, 1.165) is 23.6 Å². The molecule has 1 aliphatic rings. The van der Waals surface area contributed by atoms with E-state index in [1.807, 2.05) is 24.4 Å². The highest BCUT2D eigenvalue weighted by Gasteiger charge is 2.34. The molecule has 1 heterocycles. The van der Waals surface area contributed by atoms with E-state index < -0.39 is 5.97 Å². The zero-order chi connectivity index (χ0) is 12.5. The molecule has 1 aromatic carbocycles. The van der Waals surface area contributed by atoms with Gasteiger partial charge in [-0.05, 0) is 41.7 Å². The summed E-state index contributed by atoms with van der Waals surface area (Å²) in [5, 5.41) is 11.3. The second-order valence-corrected chi connectivity index (χ2v) is 4.99. The third-order valence-electron chi connectivity index (χ3n) is 3.70. The minimum Gasteiger partial charge on any atom is -0.481 e. The van der Waals surface area contributed by atoms with Gasteiger partial charge in [-0.3, -0.25) is 9.78 Å². The van der Waals surface area contributed by atoms with E-state index >= 15 is 0 Å². The predicted molar refractivity (Wildman–Crippen MR) is 69.5 cm³/mol. The standard InChI is InChI=1S/C15H15NO2/c17-15(18)8-14(10-4-5-10)13-3-1-2-11-9-16-7-6-12(11)13/h1-3,6-7,9-10,14H,4-5,8H2,(H,17,18). The number of carboxylic acids is 1. The van der Waals surface area contributed by atoms with Crippen LogP contribution in [-0.2, 0) is 4.79 Å². The Morgan fingerprint density at radius 1 is 1.39 bits per heavy atom. The van der Waals surface area contributed by atoms with Crippen LogP contribution in [0.5, 0.6) is 0 Å². The third kappa shape index (κ3) is 2.08. The first-order valence-electron chi connectivity index (χ1n) is 6.30. The smallest absolute Gasteiger partial charge is 0.303 e. The monoisotopic (exact) mass is 241 g/mol. The predicted octanol–water partition coefficient (Wildman–Crippen LogP) is 3.20. The fourth-order valence-electron chi connectivity index (χ4n) is 2.69. The van der Waals surface area contributed by atoms with Gasteiger partial charge in [0, 0.05) is 17.8 Å². The molecule has 0 saturated heterocycles. The summed E-state index contributed by atoms with van der Waals surface area (Å²) in [6.07, 6.45) is 6.14. The van der Waals surface area contributed by atoms with Crippen molar-refractivity contribution in [2.24, 2.45) is 5.92 Å². The number of benzene rings is 1. The van der Waals surface area contributed by atoms with Gasteiger partial charge in [0.05, 0.1) is 6.42 Å². The maximum absolute atomic E-state index is 11.0. The molecule has 1 aliphatic carbocycles. The molecule has 1 atom stereocenters. The van der Waals surface area contributed by atoms with Crippen LogP contribution >= 0.6 is 0 Å². The summed E-state index contributed by atoms with van der Waals surface area (Å²) in [7, 11) is 0. The third-order valence-corrected chi connectivity index (χ3v) is 3.70. The summed E-state index contributed by atoms with van der Waals surface area (Å²) < 4.78 is 0. The number of carbonyl (C=O) groups is 1. The van der Waals surface area contributed by atoms with Crippen molar-refractivity contribution in [3.8, 4) is 0 Å². The molecule has 3 rings (SSSR count). The summed E-state index contributed by atoms with van der Waals surface area (Å²) in [6, 6.07) is 8.07. The molecule has 1 saturated carbocycles. The number of hydrogen-bond donors (Lipinski definition) is 1. The van der Waals surface area contributed by atoms with Crippen molar-refractivity contribution in [2.75, 3.05) is 0 Å². The van der Waals surface area contributed by atoms with Crippen LogP contribution in [-0.4, -0.2) is 16.1 Å². The Kier molecular flexibility index (Phi) is 2.74. The van der Waals surface area contributed by atoms with Crippen LogP contribution in [0, 0.1) is 5.92 Å². The number of pyridine rings is 1. The molecule has 1 N–H and O–H groups in total. The van der Waals surface area contributed by atoms with Crippen LogP contribution in [0.1, 0.15) is 30.7 Å². The number of hydrogen-bond acceptors (Lipinski definition) is 2. The number of aliphatic carboxylic acids is 1. The summed E-state index contributed by atoms with van der Waals surface area (Å²) in [6.45, 7) is 0. The Bertz CT molecular complexity index is 585. The number of nitrogens with zero attached hydrogens (tertiary/aromatic N) is 1. The van der Waals surface area contributed by atoms with Crippen LogP contribution in [0.4, 0.5) is 0 Å². The van der Waals surface area contributed by atoms with Crippen molar-refractivity contribution < 1.29 is 9.90 Å². The maximum Gasteiger partial charge on any atom is 0.303 e. The normalized spacial score (nSPS) is 16.7. The van der Waals surface area contributed by atoms with E-state index in [-0.39, 0.29) is 12.3 Å². The fraction of sp³-hybridized carbons (Fsp3) is 0.333. The van der Waals surface area contributed by atoms with E-state index in [9.17, 15) is 4.79 Å². The first-order valence-corrected chi connectivity index (χ1v) is 6.30. The second kappa shape index (κ2) is 4.41. The fourth-order valence-corrected chi connectivity index (χ4v) is 2.69. The van der Waals surface area contributed by atoms with Crippen molar-refractivity contribution in [1.82, 2.24) is 4.98 Å². The first kappa shape index (κ1) is 11.2. The second-order valence-electron chi connectivity index (χ2n) is 4.99. The average molecular weight is 241 g/mol. The molecule has 0 radical (unpaired) electrons. The average Bonchev–Trinajstić information content (AvgIpc) is 3.19. The van der Waals surface area contributed by atoms with Crippen molar-refractivity contribution in [3.63, 3.8) is 0 Å². The molecule has 18 heavy (non-hydrogen) atoms. The Balaban J connectivity index is 2.08. The lowest BCUT2D eigenvalue weighted by Gasteiger charge is -2.16. The van der Waals surface area contributed by atoms with Crippen molar-refractivity contribution in [2.45, 2.75) is 25.2 Å². The van der Waals surface area contributed by atoms with Crippen LogP contribution in [0.25, 0.3) is 10.8 Å². The first-order chi connectivity index (χ1) is 8.75. The van der Waals surface area contributed by atoms with Crippen molar-refractivity contribution in [1.29, 1.82) is 0 Å². The summed E-state index contributed by atoms with van der Waals surface area (Å²) in [5.74, 6) is -0.0218. The van der Waals surface area contributed by atoms with E-state index in [1.54, 1.807) is 6.20 Å². The molecule has 1 unspecified atom stereocenters. The molecular formula is C15H15NO2. The Hall–Kier alpha value is -1.90. The number of aromatic nitrogens is 1. The van der Waals surface area contributed by atoms with Gasteiger partial charge in [-0.1, -0.05) is 18.2 Å². The highest BCUT2D eigenvalue weighted by atomic mass is 16.4. The van der Waals surface area contributed by atoms with Gasteiger partial charge in [-0.15, -0.1) is 0 Å².